The second-order valence-electron chi connectivity index (χ2n) is 5.27. The van der Waals surface area contributed by atoms with Crippen LogP contribution in [-0.4, -0.2) is 28.4 Å². The molecule has 7 heteroatoms. The quantitative estimate of drug-likeness (QED) is 0.809. The summed E-state index contributed by atoms with van der Waals surface area (Å²) in [7, 11) is -0.390. The molecule has 0 aliphatic rings. The van der Waals surface area contributed by atoms with Gasteiger partial charge in [0, 0.05) is 5.02 Å². The van der Waals surface area contributed by atoms with Gasteiger partial charge in [-0.25, -0.2) is 8.42 Å². The summed E-state index contributed by atoms with van der Waals surface area (Å²) in [5, 5.41) is 0.523. The van der Waals surface area contributed by atoms with Gasteiger partial charge in [-0.1, -0.05) is 23.7 Å². The Labute approximate surface area is 147 Å². The third kappa shape index (κ3) is 4.55. The van der Waals surface area contributed by atoms with Gasteiger partial charge in [-0.2, -0.15) is 0 Å². The molecule has 2 aromatic rings. The van der Waals surface area contributed by atoms with Gasteiger partial charge in [-0.15, -0.1) is 0 Å². The van der Waals surface area contributed by atoms with Crippen molar-refractivity contribution in [3.05, 3.63) is 52.5 Å². The summed E-state index contributed by atoms with van der Waals surface area (Å²) in [6.07, 6.45) is 0.356. The smallest absolute Gasteiger partial charge is 0.233 e. The average Bonchev–Trinajstić information content (AvgIpc) is 2.56. The lowest BCUT2D eigenvalue weighted by Crippen LogP contribution is -2.18. The normalized spacial score (nSPS) is 11.2. The molecule has 0 bridgehead atoms. The largest absolute Gasteiger partial charge is 0.493 e. The van der Waals surface area contributed by atoms with E-state index in [1.165, 1.54) is 0 Å². The minimum Gasteiger partial charge on any atom is -0.493 e. The third-order valence-corrected chi connectivity index (χ3v) is 5.32. The highest BCUT2D eigenvalue weighted by Crippen LogP contribution is 2.28. The number of hydrogen-bond acceptors (Lipinski definition) is 4. The molecule has 2 aromatic carbocycles. The van der Waals surface area contributed by atoms with E-state index in [-0.39, 0.29) is 5.75 Å². The highest BCUT2D eigenvalue weighted by Gasteiger charge is 2.14. The highest BCUT2D eigenvalue weighted by atomic mass is 35.5. The van der Waals surface area contributed by atoms with Gasteiger partial charge in [0.15, 0.2) is 11.5 Å². The molecule has 24 heavy (non-hydrogen) atoms. The first-order valence-electron chi connectivity index (χ1n) is 7.33. The van der Waals surface area contributed by atoms with Crippen molar-refractivity contribution in [1.82, 2.24) is 0 Å². The van der Waals surface area contributed by atoms with Crippen molar-refractivity contribution in [3.63, 3.8) is 0 Å². The maximum absolute atomic E-state index is 12.3. The van der Waals surface area contributed by atoms with Gasteiger partial charge in [0.05, 0.1) is 25.7 Å². The van der Waals surface area contributed by atoms with Gasteiger partial charge >= 0.3 is 0 Å². The van der Waals surface area contributed by atoms with Crippen LogP contribution in [-0.2, 0) is 16.4 Å². The fraction of sp³-hybridized carbons (Fsp3) is 0.294. The Morgan fingerprint density at radius 3 is 2.46 bits per heavy atom. The Kier molecular flexibility index (Phi) is 5.96. The van der Waals surface area contributed by atoms with Crippen LogP contribution in [0.4, 0.5) is 5.69 Å². The van der Waals surface area contributed by atoms with Crippen molar-refractivity contribution < 1.29 is 17.9 Å². The molecule has 0 fully saturated rings. The Hall–Kier alpha value is -1.92. The van der Waals surface area contributed by atoms with Crippen molar-refractivity contribution >= 4 is 27.3 Å². The number of ether oxygens (including phenoxy) is 2. The zero-order valence-electron chi connectivity index (χ0n) is 13.8. The van der Waals surface area contributed by atoms with E-state index in [9.17, 15) is 8.42 Å². The number of nitrogens with one attached hydrogen (secondary N) is 1. The van der Waals surface area contributed by atoms with Crippen LogP contribution in [0.15, 0.2) is 36.4 Å². The molecule has 0 saturated carbocycles. The van der Waals surface area contributed by atoms with E-state index in [2.05, 4.69) is 4.72 Å². The molecule has 0 aliphatic heterocycles. The molecule has 0 atom stereocenters. The molecule has 0 saturated heterocycles. The van der Waals surface area contributed by atoms with E-state index in [4.69, 9.17) is 21.1 Å². The highest BCUT2D eigenvalue weighted by molar-refractivity contribution is 7.92. The molecule has 0 amide bonds. The number of sulfonamides is 1. The lowest BCUT2D eigenvalue weighted by atomic mass is 10.1. The summed E-state index contributed by atoms with van der Waals surface area (Å²) in [6, 6.07) is 10.5. The molecule has 2 rings (SSSR count). The van der Waals surface area contributed by atoms with Gasteiger partial charge in [0.2, 0.25) is 10.0 Å². The minimum atomic E-state index is -3.49. The summed E-state index contributed by atoms with van der Waals surface area (Å²) in [5.74, 6) is 1.14. The lowest BCUT2D eigenvalue weighted by Gasteiger charge is -2.12. The van der Waals surface area contributed by atoms with Crippen LogP contribution >= 0.6 is 11.6 Å². The van der Waals surface area contributed by atoms with Crippen LogP contribution in [0.3, 0.4) is 0 Å². The molecule has 0 radical (unpaired) electrons. The van der Waals surface area contributed by atoms with E-state index >= 15 is 0 Å². The van der Waals surface area contributed by atoms with E-state index in [1.807, 2.05) is 6.07 Å². The maximum atomic E-state index is 12.3. The molecule has 0 spiro atoms. The van der Waals surface area contributed by atoms with Crippen LogP contribution in [0.1, 0.15) is 11.1 Å². The Morgan fingerprint density at radius 2 is 1.79 bits per heavy atom. The second kappa shape index (κ2) is 7.77. The number of aryl methyl sites for hydroxylation is 1. The predicted molar refractivity (Wildman–Crippen MR) is 96.8 cm³/mol. The Bertz CT molecular complexity index is 821. The maximum Gasteiger partial charge on any atom is 0.233 e. The molecular weight excluding hydrogens is 350 g/mol. The number of rotatable bonds is 7. The number of methoxy groups -OCH3 is 2. The monoisotopic (exact) mass is 369 g/mol. The Morgan fingerprint density at radius 1 is 1.08 bits per heavy atom. The first-order chi connectivity index (χ1) is 11.4. The Balaban J connectivity index is 2.09. The third-order valence-electron chi connectivity index (χ3n) is 3.64. The van der Waals surface area contributed by atoms with Crippen molar-refractivity contribution in [2.45, 2.75) is 13.3 Å². The zero-order chi connectivity index (χ0) is 17.7. The van der Waals surface area contributed by atoms with Crippen molar-refractivity contribution in [2.24, 2.45) is 0 Å². The van der Waals surface area contributed by atoms with E-state index in [0.29, 0.717) is 34.2 Å². The van der Waals surface area contributed by atoms with Crippen LogP contribution in [0.2, 0.25) is 5.02 Å². The first kappa shape index (κ1) is 18.4. The topological polar surface area (TPSA) is 64.6 Å². The van der Waals surface area contributed by atoms with Crippen molar-refractivity contribution in [1.29, 1.82) is 0 Å². The van der Waals surface area contributed by atoms with Gasteiger partial charge in [0.1, 0.15) is 0 Å². The fourth-order valence-electron chi connectivity index (χ4n) is 2.22. The second-order valence-corrected chi connectivity index (χ2v) is 7.52. The first-order valence-corrected chi connectivity index (χ1v) is 9.36. The predicted octanol–water partition coefficient (Wildman–Crippen LogP) is 3.65. The number of hydrogen-bond donors (Lipinski definition) is 1. The molecule has 0 aromatic heterocycles. The number of halogens is 1. The fourth-order valence-corrected chi connectivity index (χ4v) is 3.56. The molecule has 130 valence electrons. The summed E-state index contributed by atoms with van der Waals surface area (Å²) in [5.41, 5.74) is 2.05. The summed E-state index contributed by atoms with van der Waals surface area (Å²) >= 11 is 6.02. The SMILES string of the molecule is COc1ccc(CCS(=O)(=O)Nc2cccc(Cl)c2C)cc1OC. The molecule has 0 heterocycles. The minimum absolute atomic E-state index is 0.0472. The van der Waals surface area contributed by atoms with Gasteiger partial charge in [0.25, 0.3) is 0 Å². The van der Waals surface area contributed by atoms with Gasteiger partial charge in [-0.05, 0) is 48.7 Å². The van der Waals surface area contributed by atoms with Crippen LogP contribution in [0.25, 0.3) is 0 Å². The number of benzene rings is 2. The van der Waals surface area contributed by atoms with E-state index in [1.54, 1.807) is 51.5 Å². The van der Waals surface area contributed by atoms with Crippen molar-refractivity contribution in [3.8, 4) is 11.5 Å². The summed E-state index contributed by atoms with van der Waals surface area (Å²) in [4.78, 5) is 0. The van der Waals surface area contributed by atoms with Crippen LogP contribution < -0.4 is 14.2 Å². The van der Waals surface area contributed by atoms with Gasteiger partial charge < -0.3 is 9.47 Å². The van der Waals surface area contributed by atoms with E-state index < -0.39 is 10.0 Å². The van der Waals surface area contributed by atoms with Crippen molar-refractivity contribution in [2.75, 3.05) is 24.7 Å². The molecular formula is C17H20ClNO4S. The molecule has 1 N–H and O–H groups in total. The molecule has 5 nitrogen and oxygen atoms in total. The van der Waals surface area contributed by atoms with Crippen LogP contribution in [0, 0.1) is 6.92 Å². The standard InChI is InChI=1S/C17H20ClNO4S/c1-12-14(18)5-4-6-15(12)19-24(20,21)10-9-13-7-8-16(22-2)17(11-13)23-3/h4-8,11,19H,9-10H2,1-3H3. The lowest BCUT2D eigenvalue weighted by molar-refractivity contribution is 0.354. The summed E-state index contributed by atoms with van der Waals surface area (Å²) < 4.78 is 37.6. The number of anilines is 1. The van der Waals surface area contributed by atoms with Gasteiger partial charge in [-0.3, -0.25) is 4.72 Å². The molecule has 0 aliphatic carbocycles. The average molecular weight is 370 g/mol. The molecule has 0 unspecified atom stereocenters. The van der Waals surface area contributed by atoms with E-state index in [0.717, 1.165) is 5.56 Å². The zero-order valence-corrected chi connectivity index (χ0v) is 15.4. The summed E-state index contributed by atoms with van der Waals surface area (Å²) in [6.45, 7) is 1.77. The van der Waals surface area contributed by atoms with Crippen LogP contribution in [0.5, 0.6) is 11.5 Å².